The fourth-order valence-electron chi connectivity index (χ4n) is 0.405. The van der Waals surface area contributed by atoms with Gasteiger partial charge in [-0.2, -0.15) is 10.5 Å². The van der Waals surface area contributed by atoms with Crippen molar-refractivity contribution in [2.45, 2.75) is 6.04 Å². The van der Waals surface area contributed by atoms with Gasteiger partial charge in [0.2, 0.25) is 6.04 Å². The molecule has 6 heteroatoms. The van der Waals surface area contributed by atoms with Crippen LogP contribution in [0.5, 0.6) is 0 Å². The van der Waals surface area contributed by atoms with Crippen molar-refractivity contribution in [3.05, 3.63) is 0 Å². The SMILES string of the molecule is N#CC1=NN=NC1C#N.[LiH]. The summed E-state index contributed by atoms with van der Waals surface area (Å²) < 4.78 is 0. The Bertz CT molecular complexity index is 254. The molecule has 0 fully saturated rings. The van der Waals surface area contributed by atoms with Crippen LogP contribution < -0.4 is 0 Å². The van der Waals surface area contributed by atoms with Gasteiger partial charge in [-0.1, -0.05) is 0 Å². The van der Waals surface area contributed by atoms with E-state index in [9.17, 15) is 0 Å². The minimum atomic E-state index is -0.769. The summed E-state index contributed by atoms with van der Waals surface area (Å²) >= 11 is 0. The molecule has 0 aromatic carbocycles. The average Bonchev–Trinajstić information content (AvgIpc) is 2.33. The van der Waals surface area contributed by atoms with Gasteiger partial charge in [0.25, 0.3) is 0 Å². The van der Waals surface area contributed by atoms with Gasteiger partial charge in [-0.25, -0.2) is 0 Å². The Balaban J connectivity index is 0.000000810. The van der Waals surface area contributed by atoms with Gasteiger partial charge in [0, 0.05) is 0 Å². The first kappa shape index (κ1) is 8.85. The summed E-state index contributed by atoms with van der Waals surface area (Å²) in [5, 5.41) is 26.2. The van der Waals surface area contributed by atoms with E-state index in [0.29, 0.717) is 0 Å². The molecule has 0 aromatic rings. The molecule has 1 rings (SSSR count). The first-order chi connectivity index (χ1) is 4.38. The summed E-state index contributed by atoms with van der Waals surface area (Å²) in [5.41, 5.74) is 0.0671. The summed E-state index contributed by atoms with van der Waals surface area (Å²) in [6.07, 6.45) is 0. The first-order valence-corrected chi connectivity index (χ1v) is 2.16. The molecule has 0 saturated carbocycles. The molecule has 0 aromatic heterocycles. The molecule has 0 saturated heterocycles. The van der Waals surface area contributed by atoms with Crippen LogP contribution in [0, 0.1) is 22.7 Å². The number of rotatable bonds is 0. The van der Waals surface area contributed by atoms with E-state index in [4.69, 9.17) is 10.5 Å². The zero-order chi connectivity index (χ0) is 6.69. The third-order valence-electron chi connectivity index (χ3n) is 0.815. The molecule has 1 heterocycles. The van der Waals surface area contributed by atoms with Crippen molar-refractivity contribution in [1.29, 1.82) is 10.5 Å². The van der Waals surface area contributed by atoms with Crippen molar-refractivity contribution in [2.24, 2.45) is 15.4 Å². The van der Waals surface area contributed by atoms with Crippen LogP contribution in [-0.4, -0.2) is 30.6 Å². The zero-order valence-corrected chi connectivity index (χ0v) is 4.31. The van der Waals surface area contributed by atoms with E-state index in [1.807, 2.05) is 0 Å². The predicted molar refractivity (Wildman–Crippen MR) is 34.5 cm³/mol. The van der Waals surface area contributed by atoms with Crippen molar-refractivity contribution < 1.29 is 0 Å². The molecular formula is C4H2LiN5. The summed E-state index contributed by atoms with van der Waals surface area (Å²) in [5.74, 6) is 0. The van der Waals surface area contributed by atoms with Crippen LogP contribution in [0.25, 0.3) is 0 Å². The van der Waals surface area contributed by atoms with Gasteiger partial charge in [-0.05, 0) is 5.22 Å². The van der Waals surface area contributed by atoms with Gasteiger partial charge in [-0.15, -0.1) is 10.2 Å². The fraction of sp³-hybridized carbons (Fsp3) is 0.250. The summed E-state index contributed by atoms with van der Waals surface area (Å²) in [7, 11) is 0. The van der Waals surface area contributed by atoms with Crippen molar-refractivity contribution in [2.75, 3.05) is 0 Å². The molecule has 10 heavy (non-hydrogen) atoms. The quantitative estimate of drug-likeness (QED) is 0.413. The molecule has 0 radical (unpaired) electrons. The Morgan fingerprint density at radius 3 is 2.50 bits per heavy atom. The van der Waals surface area contributed by atoms with Gasteiger partial charge in [0.1, 0.15) is 6.07 Å². The predicted octanol–water partition coefficient (Wildman–Crippen LogP) is -0.425. The molecule has 0 N–H and O–H groups in total. The Morgan fingerprint density at radius 2 is 2.10 bits per heavy atom. The van der Waals surface area contributed by atoms with E-state index >= 15 is 0 Å². The second kappa shape index (κ2) is 3.79. The summed E-state index contributed by atoms with van der Waals surface area (Å²) in [4.78, 5) is 0. The van der Waals surface area contributed by atoms with Gasteiger partial charge in [-0.3, -0.25) is 0 Å². The molecule has 0 bridgehead atoms. The molecule has 5 nitrogen and oxygen atoms in total. The first-order valence-electron chi connectivity index (χ1n) is 2.16. The molecular weight excluding hydrogens is 125 g/mol. The van der Waals surface area contributed by atoms with E-state index in [2.05, 4.69) is 15.4 Å². The minimum absolute atomic E-state index is 0. The topological polar surface area (TPSA) is 84.7 Å². The van der Waals surface area contributed by atoms with Crippen LogP contribution in [0.3, 0.4) is 0 Å². The van der Waals surface area contributed by atoms with Gasteiger partial charge < -0.3 is 0 Å². The fourth-order valence-corrected chi connectivity index (χ4v) is 0.405. The van der Waals surface area contributed by atoms with E-state index in [1.54, 1.807) is 12.1 Å². The maximum atomic E-state index is 8.23. The Hall–Kier alpha value is -1.15. The van der Waals surface area contributed by atoms with Crippen LogP contribution in [-0.2, 0) is 0 Å². The van der Waals surface area contributed by atoms with Crippen LogP contribution in [0.1, 0.15) is 0 Å². The van der Waals surface area contributed by atoms with Crippen LogP contribution in [0.2, 0.25) is 0 Å². The molecule has 44 valence electrons. The van der Waals surface area contributed by atoms with E-state index in [-0.39, 0.29) is 24.6 Å². The zero-order valence-electron chi connectivity index (χ0n) is 4.31. The van der Waals surface area contributed by atoms with Gasteiger partial charge in [0.05, 0.1) is 6.07 Å². The normalized spacial score (nSPS) is 20.2. The monoisotopic (exact) mass is 127 g/mol. The van der Waals surface area contributed by atoms with Crippen LogP contribution in [0.4, 0.5) is 0 Å². The molecule has 0 amide bonds. The second-order valence-corrected chi connectivity index (χ2v) is 1.33. The van der Waals surface area contributed by atoms with Crippen molar-refractivity contribution in [3.8, 4) is 12.1 Å². The third-order valence-corrected chi connectivity index (χ3v) is 0.815. The maximum absolute atomic E-state index is 8.23. The van der Waals surface area contributed by atoms with Crippen molar-refractivity contribution in [3.63, 3.8) is 0 Å². The van der Waals surface area contributed by atoms with Crippen molar-refractivity contribution >= 4 is 24.6 Å². The van der Waals surface area contributed by atoms with E-state index in [0.717, 1.165) is 0 Å². The number of nitrogens with zero attached hydrogens (tertiary/aromatic N) is 5. The van der Waals surface area contributed by atoms with Crippen molar-refractivity contribution in [1.82, 2.24) is 0 Å². The van der Waals surface area contributed by atoms with Gasteiger partial charge >= 0.3 is 18.9 Å². The molecule has 1 atom stereocenters. The third kappa shape index (κ3) is 1.42. The Kier molecular flexibility index (Phi) is 3.36. The molecule has 0 spiro atoms. The van der Waals surface area contributed by atoms with Crippen LogP contribution >= 0.6 is 0 Å². The van der Waals surface area contributed by atoms with Crippen LogP contribution in [0.15, 0.2) is 15.4 Å². The average molecular weight is 127 g/mol. The Labute approximate surface area is 69.2 Å². The van der Waals surface area contributed by atoms with E-state index < -0.39 is 6.04 Å². The summed E-state index contributed by atoms with van der Waals surface area (Å²) in [6, 6.07) is 2.69. The molecule has 1 aliphatic heterocycles. The number of hydrogen-bond acceptors (Lipinski definition) is 5. The second-order valence-electron chi connectivity index (χ2n) is 1.33. The number of hydrogen-bond donors (Lipinski definition) is 0. The number of nitriles is 2. The standard InChI is InChI=1S/C4HN5.Li.H/c5-1-3-4(2-6)8-9-7-3;;/h3H;;. The summed E-state index contributed by atoms with van der Waals surface area (Å²) in [6.45, 7) is 0. The molecule has 1 aliphatic rings. The molecule has 1 unspecified atom stereocenters. The Morgan fingerprint density at radius 1 is 1.40 bits per heavy atom. The van der Waals surface area contributed by atoms with Gasteiger partial charge in [0.15, 0.2) is 5.71 Å². The molecule has 0 aliphatic carbocycles. The van der Waals surface area contributed by atoms with E-state index in [1.165, 1.54) is 0 Å².